The lowest BCUT2D eigenvalue weighted by molar-refractivity contribution is -0.122. The van der Waals surface area contributed by atoms with E-state index in [1.807, 2.05) is 0 Å². The average Bonchev–Trinajstić information content (AvgIpc) is 2.82. The van der Waals surface area contributed by atoms with Gasteiger partial charge in [0.15, 0.2) is 0 Å². The van der Waals surface area contributed by atoms with Crippen LogP contribution >= 0.6 is 11.8 Å². The van der Waals surface area contributed by atoms with Gasteiger partial charge >= 0.3 is 0 Å². The van der Waals surface area contributed by atoms with Gasteiger partial charge in [0.2, 0.25) is 5.91 Å². The summed E-state index contributed by atoms with van der Waals surface area (Å²) < 4.78 is 0. The van der Waals surface area contributed by atoms with Gasteiger partial charge in [-0.15, -0.1) is 11.8 Å². The van der Waals surface area contributed by atoms with Crippen LogP contribution in [0.15, 0.2) is 0 Å². The molecule has 1 aliphatic rings. The van der Waals surface area contributed by atoms with E-state index in [2.05, 4.69) is 29.4 Å². The SMILES string of the molecule is CCN(CC)CCCNC(=O)C1CSCN1. The Hall–Kier alpha value is -0.260. The predicted molar refractivity (Wildman–Crippen MR) is 69.7 cm³/mol. The molecule has 0 bridgehead atoms. The molecule has 2 N–H and O–H groups in total. The number of nitrogens with zero attached hydrogens (tertiary/aromatic N) is 1. The van der Waals surface area contributed by atoms with Gasteiger partial charge in [-0.1, -0.05) is 13.8 Å². The Morgan fingerprint density at radius 1 is 1.50 bits per heavy atom. The topological polar surface area (TPSA) is 44.4 Å². The number of rotatable bonds is 7. The monoisotopic (exact) mass is 245 g/mol. The van der Waals surface area contributed by atoms with E-state index in [9.17, 15) is 4.79 Å². The molecular formula is C11H23N3OS. The molecule has 0 aromatic carbocycles. The highest BCUT2D eigenvalue weighted by atomic mass is 32.2. The van der Waals surface area contributed by atoms with Crippen molar-refractivity contribution in [2.75, 3.05) is 37.8 Å². The highest BCUT2D eigenvalue weighted by Crippen LogP contribution is 2.09. The Bertz CT molecular complexity index is 203. The predicted octanol–water partition coefficient (Wildman–Crippen LogP) is 0.497. The summed E-state index contributed by atoms with van der Waals surface area (Å²) >= 11 is 1.78. The average molecular weight is 245 g/mol. The Labute approximate surface area is 103 Å². The zero-order valence-electron chi connectivity index (χ0n) is 10.3. The fourth-order valence-corrected chi connectivity index (χ4v) is 2.68. The van der Waals surface area contributed by atoms with Crippen molar-refractivity contribution in [3.8, 4) is 0 Å². The Morgan fingerprint density at radius 2 is 2.25 bits per heavy atom. The first-order chi connectivity index (χ1) is 7.77. The minimum atomic E-state index is 0.0263. The molecule has 1 heterocycles. The van der Waals surface area contributed by atoms with Crippen molar-refractivity contribution in [2.24, 2.45) is 0 Å². The van der Waals surface area contributed by atoms with Crippen LogP contribution < -0.4 is 10.6 Å². The van der Waals surface area contributed by atoms with Crippen LogP contribution in [0.2, 0.25) is 0 Å². The van der Waals surface area contributed by atoms with Crippen molar-refractivity contribution in [1.82, 2.24) is 15.5 Å². The maximum Gasteiger partial charge on any atom is 0.238 e. The number of nitrogens with one attached hydrogen (secondary N) is 2. The van der Waals surface area contributed by atoms with E-state index in [0.29, 0.717) is 0 Å². The van der Waals surface area contributed by atoms with Gasteiger partial charge in [-0.05, 0) is 26.1 Å². The molecule has 16 heavy (non-hydrogen) atoms. The summed E-state index contributed by atoms with van der Waals surface area (Å²) in [5.74, 6) is 1.96. The van der Waals surface area contributed by atoms with Crippen molar-refractivity contribution in [2.45, 2.75) is 26.3 Å². The van der Waals surface area contributed by atoms with Crippen molar-refractivity contribution < 1.29 is 4.79 Å². The summed E-state index contributed by atoms with van der Waals surface area (Å²) in [5.41, 5.74) is 0. The fraction of sp³-hybridized carbons (Fsp3) is 0.909. The number of carbonyl (C=O) groups is 1. The lowest BCUT2D eigenvalue weighted by atomic mass is 10.3. The Kier molecular flexibility index (Phi) is 6.84. The third-order valence-electron chi connectivity index (χ3n) is 2.88. The standard InChI is InChI=1S/C11H23N3OS/c1-3-14(4-2)7-5-6-12-11(15)10-8-16-9-13-10/h10,13H,3-9H2,1-2H3,(H,12,15). The van der Waals surface area contributed by atoms with Crippen molar-refractivity contribution in [1.29, 1.82) is 0 Å². The molecule has 1 aliphatic heterocycles. The first kappa shape index (κ1) is 13.8. The largest absolute Gasteiger partial charge is 0.355 e. The molecular weight excluding hydrogens is 222 g/mol. The highest BCUT2D eigenvalue weighted by Gasteiger charge is 2.21. The third-order valence-corrected chi connectivity index (χ3v) is 3.82. The van der Waals surface area contributed by atoms with Crippen LogP contribution in [0.4, 0.5) is 0 Å². The first-order valence-electron chi connectivity index (χ1n) is 6.09. The first-order valence-corrected chi connectivity index (χ1v) is 7.24. The molecule has 1 fully saturated rings. The molecule has 4 nitrogen and oxygen atoms in total. The number of thioether (sulfide) groups is 1. The van der Waals surface area contributed by atoms with Gasteiger partial charge < -0.3 is 10.2 Å². The zero-order chi connectivity index (χ0) is 11.8. The van der Waals surface area contributed by atoms with Gasteiger partial charge in [-0.25, -0.2) is 0 Å². The van der Waals surface area contributed by atoms with Crippen LogP contribution in [0.25, 0.3) is 0 Å². The van der Waals surface area contributed by atoms with E-state index in [4.69, 9.17) is 0 Å². The van der Waals surface area contributed by atoms with Gasteiger partial charge in [-0.2, -0.15) is 0 Å². The molecule has 1 rings (SSSR count). The van der Waals surface area contributed by atoms with E-state index < -0.39 is 0 Å². The van der Waals surface area contributed by atoms with E-state index in [0.717, 1.165) is 44.2 Å². The third kappa shape index (κ3) is 4.72. The number of hydrogen-bond donors (Lipinski definition) is 2. The van der Waals surface area contributed by atoms with Gasteiger partial charge in [0.1, 0.15) is 0 Å². The maximum absolute atomic E-state index is 11.6. The molecule has 0 radical (unpaired) electrons. The van der Waals surface area contributed by atoms with Crippen LogP contribution in [0, 0.1) is 0 Å². The summed E-state index contributed by atoms with van der Waals surface area (Å²) in [6.07, 6.45) is 1.04. The smallest absolute Gasteiger partial charge is 0.238 e. The molecule has 0 saturated carbocycles. The quantitative estimate of drug-likeness (QED) is 0.641. The van der Waals surface area contributed by atoms with Crippen LogP contribution in [0.3, 0.4) is 0 Å². The zero-order valence-corrected chi connectivity index (χ0v) is 11.1. The second-order valence-electron chi connectivity index (χ2n) is 3.94. The summed E-state index contributed by atoms with van der Waals surface area (Å²) in [6, 6.07) is 0.0263. The van der Waals surface area contributed by atoms with E-state index in [1.165, 1.54) is 0 Å². The molecule has 1 amide bonds. The molecule has 5 heteroatoms. The van der Waals surface area contributed by atoms with Gasteiger partial charge in [0.25, 0.3) is 0 Å². The molecule has 94 valence electrons. The van der Waals surface area contributed by atoms with E-state index in [1.54, 1.807) is 11.8 Å². The van der Waals surface area contributed by atoms with Crippen LogP contribution in [0.5, 0.6) is 0 Å². The number of carbonyl (C=O) groups excluding carboxylic acids is 1. The molecule has 0 aromatic rings. The fourth-order valence-electron chi connectivity index (χ4n) is 1.74. The molecule has 1 unspecified atom stereocenters. The summed E-state index contributed by atoms with van der Waals surface area (Å²) in [4.78, 5) is 14.0. The second kappa shape index (κ2) is 7.92. The minimum Gasteiger partial charge on any atom is -0.355 e. The summed E-state index contributed by atoms with van der Waals surface area (Å²) in [5, 5.41) is 6.16. The molecule has 1 atom stereocenters. The molecule has 1 saturated heterocycles. The minimum absolute atomic E-state index is 0.0263. The highest BCUT2D eigenvalue weighted by molar-refractivity contribution is 7.99. The molecule has 0 aromatic heterocycles. The second-order valence-corrected chi connectivity index (χ2v) is 4.97. The van der Waals surface area contributed by atoms with E-state index >= 15 is 0 Å². The van der Waals surface area contributed by atoms with Crippen LogP contribution in [-0.4, -0.2) is 54.7 Å². The van der Waals surface area contributed by atoms with Crippen molar-refractivity contribution in [3.05, 3.63) is 0 Å². The number of amides is 1. The summed E-state index contributed by atoms with van der Waals surface area (Å²) in [7, 11) is 0. The molecule has 0 spiro atoms. The van der Waals surface area contributed by atoms with Gasteiger partial charge in [-0.3, -0.25) is 10.1 Å². The van der Waals surface area contributed by atoms with Gasteiger partial charge in [0.05, 0.1) is 6.04 Å². The van der Waals surface area contributed by atoms with Crippen molar-refractivity contribution >= 4 is 17.7 Å². The van der Waals surface area contributed by atoms with Crippen molar-refractivity contribution in [3.63, 3.8) is 0 Å². The summed E-state index contributed by atoms with van der Waals surface area (Å²) in [6.45, 7) is 8.37. The lowest BCUT2D eigenvalue weighted by Gasteiger charge is -2.18. The Morgan fingerprint density at radius 3 is 2.81 bits per heavy atom. The Balaban J connectivity index is 2.03. The van der Waals surface area contributed by atoms with Gasteiger partial charge in [0, 0.05) is 18.2 Å². The normalized spacial score (nSPS) is 20.3. The maximum atomic E-state index is 11.6. The molecule has 0 aliphatic carbocycles. The van der Waals surface area contributed by atoms with Crippen LogP contribution in [-0.2, 0) is 4.79 Å². The van der Waals surface area contributed by atoms with E-state index in [-0.39, 0.29) is 11.9 Å². The number of hydrogen-bond acceptors (Lipinski definition) is 4. The lowest BCUT2D eigenvalue weighted by Crippen LogP contribution is -2.42. The van der Waals surface area contributed by atoms with Crippen LogP contribution in [0.1, 0.15) is 20.3 Å².